The molecule has 0 unspecified atom stereocenters. The zero-order chi connectivity index (χ0) is 14.0. The quantitative estimate of drug-likeness (QED) is 0.942. The molecule has 0 bridgehead atoms. The van der Waals surface area contributed by atoms with E-state index in [-0.39, 0.29) is 4.88 Å². The van der Waals surface area contributed by atoms with Crippen LogP contribution in [0.5, 0.6) is 0 Å². The second-order valence-electron chi connectivity index (χ2n) is 3.77. The van der Waals surface area contributed by atoms with Crippen LogP contribution in [0.1, 0.15) is 20.9 Å². The van der Waals surface area contributed by atoms with Crippen LogP contribution < -0.4 is 10.4 Å². The highest BCUT2D eigenvalue weighted by Crippen LogP contribution is 2.27. The Labute approximate surface area is 124 Å². The van der Waals surface area contributed by atoms with Crippen LogP contribution in [0.2, 0.25) is 10.0 Å². The van der Waals surface area contributed by atoms with Crippen molar-refractivity contribution in [1.29, 1.82) is 0 Å². The Balaban J connectivity index is 2.15. The van der Waals surface area contributed by atoms with Gasteiger partial charge in [0.25, 0.3) is 0 Å². The predicted octanol–water partition coefficient (Wildman–Crippen LogP) is 2.73. The molecule has 2 rings (SSSR count). The summed E-state index contributed by atoms with van der Waals surface area (Å²) in [4.78, 5) is 15.0. The van der Waals surface area contributed by atoms with Crippen LogP contribution in [0, 0.1) is 6.92 Å². The number of nitrogens with one attached hydrogen (secondary N) is 1. The van der Waals surface area contributed by atoms with Gasteiger partial charge in [0.1, 0.15) is 0 Å². The predicted molar refractivity (Wildman–Crippen MR) is 75.0 cm³/mol. The van der Waals surface area contributed by atoms with Gasteiger partial charge in [0.05, 0.1) is 16.5 Å². The summed E-state index contributed by atoms with van der Waals surface area (Å²) in [5.74, 6) is -1.22. The lowest BCUT2D eigenvalue weighted by Crippen LogP contribution is -2.21. The number of aromatic nitrogens is 1. The minimum atomic E-state index is -1.22. The number of hydrogen-bond acceptors (Lipinski definition) is 5. The van der Waals surface area contributed by atoms with Gasteiger partial charge in [0.15, 0.2) is 5.13 Å². The van der Waals surface area contributed by atoms with E-state index in [2.05, 4.69) is 10.3 Å². The molecule has 0 radical (unpaired) electrons. The number of aryl methyl sites for hydroxylation is 1. The third-order valence-electron chi connectivity index (χ3n) is 2.46. The van der Waals surface area contributed by atoms with E-state index in [0.717, 1.165) is 16.9 Å². The molecule has 7 heteroatoms. The largest absolute Gasteiger partial charge is 0.544 e. The second-order valence-corrected chi connectivity index (χ2v) is 5.59. The van der Waals surface area contributed by atoms with Crippen molar-refractivity contribution < 1.29 is 9.90 Å². The molecule has 1 N–H and O–H groups in total. The van der Waals surface area contributed by atoms with E-state index in [1.807, 2.05) is 0 Å². The fourth-order valence-electron chi connectivity index (χ4n) is 1.53. The van der Waals surface area contributed by atoms with Crippen molar-refractivity contribution in [3.05, 3.63) is 44.4 Å². The first kappa shape index (κ1) is 14.1. The Morgan fingerprint density at radius 1 is 1.42 bits per heavy atom. The van der Waals surface area contributed by atoms with Crippen molar-refractivity contribution >= 4 is 45.6 Å². The third kappa shape index (κ3) is 3.18. The lowest BCUT2D eigenvalue weighted by atomic mass is 10.2. The summed E-state index contributed by atoms with van der Waals surface area (Å²) in [5, 5.41) is 15.4. The molecule has 0 spiro atoms. The van der Waals surface area contributed by atoms with Gasteiger partial charge in [-0.25, -0.2) is 4.98 Å². The number of anilines is 1. The summed E-state index contributed by atoms with van der Waals surface area (Å²) in [6.45, 7) is 1.99. The van der Waals surface area contributed by atoms with Crippen molar-refractivity contribution in [3.63, 3.8) is 0 Å². The van der Waals surface area contributed by atoms with E-state index < -0.39 is 5.97 Å². The van der Waals surface area contributed by atoms with Gasteiger partial charge >= 0.3 is 0 Å². The van der Waals surface area contributed by atoms with E-state index in [4.69, 9.17) is 23.2 Å². The van der Waals surface area contributed by atoms with E-state index in [9.17, 15) is 9.90 Å². The number of carbonyl (C=O) groups is 1. The molecular weight excluding hydrogens is 307 g/mol. The summed E-state index contributed by atoms with van der Waals surface area (Å²) in [7, 11) is 0. The Hall–Kier alpha value is -1.30. The van der Waals surface area contributed by atoms with Gasteiger partial charge < -0.3 is 15.2 Å². The van der Waals surface area contributed by atoms with Crippen LogP contribution in [-0.2, 0) is 6.54 Å². The first-order valence-corrected chi connectivity index (χ1v) is 6.92. The molecule has 0 saturated heterocycles. The minimum absolute atomic E-state index is 0.118. The molecule has 4 nitrogen and oxygen atoms in total. The molecule has 0 fully saturated rings. The molecule has 0 aliphatic heterocycles. The van der Waals surface area contributed by atoms with Gasteiger partial charge in [-0.15, -0.1) is 0 Å². The number of aromatic carboxylic acids is 1. The van der Waals surface area contributed by atoms with Crippen LogP contribution in [0.4, 0.5) is 5.13 Å². The molecule has 1 heterocycles. The maximum atomic E-state index is 10.8. The SMILES string of the molecule is Cc1nc(NCc2c(Cl)cccc2Cl)sc1C(=O)[O-]. The van der Waals surface area contributed by atoms with Crippen LogP contribution in [-0.4, -0.2) is 11.0 Å². The Bertz CT molecular complexity index is 608. The number of carboxylic acid groups (broad SMARTS) is 1. The summed E-state index contributed by atoms with van der Waals surface area (Å²) in [5.41, 5.74) is 1.17. The molecule has 0 saturated carbocycles. The molecule has 0 amide bonds. The monoisotopic (exact) mass is 315 g/mol. The molecule has 100 valence electrons. The highest BCUT2D eigenvalue weighted by molar-refractivity contribution is 7.17. The normalized spacial score (nSPS) is 10.5. The number of carboxylic acids is 1. The standard InChI is InChI=1S/C12H10Cl2N2O2S/c1-6-10(11(17)18)19-12(16-6)15-5-7-8(13)3-2-4-9(7)14/h2-4H,5H2,1H3,(H,15,16)(H,17,18)/p-1. The number of nitrogens with zero attached hydrogens (tertiary/aromatic N) is 1. The number of benzene rings is 1. The van der Waals surface area contributed by atoms with Gasteiger partial charge in [-0.2, -0.15) is 0 Å². The van der Waals surface area contributed by atoms with E-state index in [0.29, 0.717) is 27.4 Å². The highest BCUT2D eigenvalue weighted by atomic mass is 35.5. The first-order chi connectivity index (χ1) is 8.99. The van der Waals surface area contributed by atoms with Gasteiger partial charge in [-0.3, -0.25) is 0 Å². The van der Waals surface area contributed by atoms with Crippen LogP contribution in [0.25, 0.3) is 0 Å². The van der Waals surface area contributed by atoms with Gasteiger partial charge in [-0.1, -0.05) is 40.6 Å². The zero-order valence-corrected chi connectivity index (χ0v) is 12.2. The second kappa shape index (κ2) is 5.77. The Kier molecular flexibility index (Phi) is 4.29. The molecule has 19 heavy (non-hydrogen) atoms. The first-order valence-electron chi connectivity index (χ1n) is 5.34. The Morgan fingerprint density at radius 3 is 2.58 bits per heavy atom. The summed E-state index contributed by atoms with van der Waals surface area (Å²) < 4.78 is 0. The summed E-state index contributed by atoms with van der Waals surface area (Å²) in [6, 6.07) is 5.24. The van der Waals surface area contributed by atoms with Crippen molar-refractivity contribution in [1.82, 2.24) is 4.98 Å². The smallest absolute Gasteiger partial charge is 0.183 e. The molecule has 0 aliphatic carbocycles. The molecule has 1 aromatic carbocycles. The molecule has 0 atom stereocenters. The van der Waals surface area contributed by atoms with Crippen molar-refractivity contribution in [2.45, 2.75) is 13.5 Å². The molecule has 1 aromatic heterocycles. The maximum absolute atomic E-state index is 10.8. The van der Waals surface area contributed by atoms with Crippen molar-refractivity contribution in [2.24, 2.45) is 0 Å². The van der Waals surface area contributed by atoms with Gasteiger partial charge in [0.2, 0.25) is 0 Å². The zero-order valence-electron chi connectivity index (χ0n) is 9.87. The molecular formula is C12H9Cl2N2O2S-. The fourth-order valence-corrected chi connectivity index (χ4v) is 2.85. The van der Waals surface area contributed by atoms with Crippen LogP contribution in [0.15, 0.2) is 18.2 Å². The minimum Gasteiger partial charge on any atom is -0.544 e. The number of halogens is 2. The lowest BCUT2D eigenvalue weighted by Gasteiger charge is -2.07. The summed E-state index contributed by atoms with van der Waals surface area (Å²) in [6.07, 6.45) is 0. The number of carbonyl (C=O) groups excluding carboxylic acids is 1. The van der Waals surface area contributed by atoms with Crippen molar-refractivity contribution in [2.75, 3.05) is 5.32 Å². The number of rotatable bonds is 4. The number of thiazole rings is 1. The van der Waals surface area contributed by atoms with Gasteiger partial charge in [-0.05, 0) is 19.1 Å². The third-order valence-corrected chi connectivity index (χ3v) is 4.26. The topological polar surface area (TPSA) is 65.0 Å². The molecule has 2 aromatic rings. The average Bonchev–Trinajstić information content (AvgIpc) is 2.70. The average molecular weight is 316 g/mol. The highest BCUT2D eigenvalue weighted by Gasteiger charge is 2.10. The van der Waals surface area contributed by atoms with Gasteiger partial charge in [0, 0.05) is 22.2 Å². The van der Waals surface area contributed by atoms with E-state index in [1.54, 1.807) is 25.1 Å². The van der Waals surface area contributed by atoms with E-state index in [1.165, 1.54) is 0 Å². The maximum Gasteiger partial charge on any atom is 0.183 e. The summed E-state index contributed by atoms with van der Waals surface area (Å²) >= 11 is 13.1. The number of hydrogen-bond donors (Lipinski definition) is 1. The van der Waals surface area contributed by atoms with E-state index >= 15 is 0 Å². The van der Waals surface area contributed by atoms with Crippen molar-refractivity contribution in [3.8, 4) is 0 Å². The van der Waals surface area contributed by atoms with Crippen LogP contribution >= 0.6 is 34.5 Å². The fraction of sp³-hybridized carbons (Fsp3) is 0.167. The lowest BCUT2D eigenvalue weighted by molar-refractivity contribution is -0.254. The Morgan fingerprint density at radius 2 is 2.05 bits per heavy atom. The molecule has 0 aliphatic rings. The van der Waals surface area contributed by atoms with Crippen LogP contribution in [0.3, 0.4) is 0 Å².